The summed E-state index contributed by atoms with van der Waals surface area (Å²) in [5.74, 6) is -1.02. The van der Waals surface area contributed by atoms with Gasteiger partial charge in [0.2, 0.25) is 5.91 Å². The lowest BCUT2D eigenvalue weighted by Crippen LogP contribution is -2.39. The average Bonchev–Trinajstić information content (AvgIpc) is 2.82. The molecule has 0 saturated heterocycles. The van der Waals surface area contributed by atoms with Crippen molar-refractivity contribution in [3.63, 3.8) is 0 Å². The van der Waals surface area contributed by atoms with E-state index in [1.54, 1.807) is 17.0 Å². The summed E-state index contributed by atoms with van der Waals surface area (Å²) in [5, 5.41) is 0.134. The highest BCUT2D eigenvalue weighted by Gasteiger charge is 2.33. The molecule has 120 valence electrons. The second kappa shape index (κ2) is 5.98. The van der Waals surface area contributed by atoms with Crippen molar-refractivity contribution in [2.24, 2.45) is 0 Å². The van der Waals surface area contributed by atoms with Gasteiger partial charge in [-0.2, -0.15) is 0 Å². The van der Waals surface area contributed by atoms with E-state index in [1.165, 1.54) is 12.1 Å². The minimum absolute atomic E-state index is 0.00449. The number of benzene rings is 2. The van der Waals surface area contributed by atoms with Crippen LogP contribution in [-0.4, -0.2) is 26.1 Å². The Bertz CT molecular complexity index is 864. The zero-order valence-corrected chi connectivity index (χ0v) is 14.1. The van der Waals surface area contributed by atoms with Crippen molar-refractivity contribution in [1.29, 1.82) is 0 Å². The highest BCUT2D eigenvalue weighted by molar-refractivity contribution is 7.92. The van der Waals surface area contributed by atoms with Crippen molar-refractivity contribution in [2.75, 3.05) is 10.7 Å². The normalized spacial score (nSPS) is 17.1. The molecule has 6 heteroatoms. The first-order valence-electron chi connectivity index (χ1n) is 7.27. The largest absolute Gasteiger partial charge is 0.308 e. The van der Waals surface area contributed by atoms with E-state index in [1.807, 2.05) is 31.2 Å². The molecule has 1 atom stereocenters. The van der Waals surface area contributed by atoms with Gasteiger partial charge in [0.15, 0.2) is 9.84 Å². The summed E-state index contributed by atoms with van der Waals surface area (Å²) in [6, 6.07) is 13.7. The van der Waals surface area contributed by atoms with Gasteiger partial charge in [0, 0.05) is 11.7 Å². The van der Waals surface area contributed by atoms with Gasteiger partial charge in [-0.05, 0) is 37.1 Å². The predicted octanol–water partition coefficient (Wildman–Crippen LogP) is 3.09. The topological polar surface area (TPSA) is 54.5 Å². The van der Waals surface area contributed by atoms with Crippen LogP contribution in [0.1, 0.15) is 12.5 Å². The van der Waals surface area contributed by atoms with Crippen LogP contribution in [-0.2, 0) is 21.1 Å². The predicted molar refractivity (Wildman–Crippen MR) is 90.6 cm³/mol. The lowest BCUT2D eigenvalue weighted by Gasteiger charge is -2.22. The van der Waals surface area contributed by atoms with Gasteiger partial charge in [-0.15, -0.1) is 0 Å². The molecule has 0 radical (unpaired) electrons. The van der Waals surface area contributed by atoms with E-state index in [2.05, 4.69) is 0 Å². The van der Waals surface area contributed by atoms with E-state index in [4.69, 9.17) is 11.6 Å². The molecule has 4 nitrogen and oxygen atoms in total. The SMILES string of the molecule is CC1Cc2ccccc2N1C(=O)CS(=O)(=O)c1ccccc1Cl. The third-order valence-electron chi connectivity index (χ3n) is 3.96. The van der Waals surface area contributed by atoms with Gasteiger partial charge in [-0.25, -0.2) is 8.42 Å². The van der Waals surface area contributed by atoms with Crippen LogP contribution in [0.5, 0.6) is 0 Å². The summed E-state index contributed by atoms with van der Waals surface area (Å²) >= 11 is 5.96. The van der Waals surface area contributed by atoms with Crippen LogP contribution in [0.25, 0.3) is 0 Å². The van der Waals surface area contributed by atoms with E-state index in [-0.39, 0.29) is 16.0 Å². The summed E-state index contributed by atoms with van der Waals surface area (Å²) in [4.78, 5) is 14.2. The van der Waals surface area contributed by atoms with Gasteiger partial charge >= 0.3 is 0 Å². The van der Waals surface area contributed by atoms with Crippen molar-refractivity contribution >= 4 is 33.0 Å². The van der Waals surface area contributed by atoms with Crippen molar-refractivity contribution in [3.05, 3.63) is 59.1 Å². The number of carbonyl (C=O) groups excluding carboxylic acids is 1. The first-order chi connectivity index (χ1) is 10.9. The van der Waals surface area contributed by atoms with Gasteiger partial charge in [-0.1, -0.05) is 41.9 Å². The Hall–Kier alpha value is -1.85. The molecule has 1 unspecified atom stereocenters. The summed E-state index contributed by atoms with van der Waals surface area (Å²) in [6.45, 7) is 1.92. The monoisotopic (exact) mass is 349 g/mol. The maximum absolute atomic E-state index is 12.6. The van der Waals surface area contributed by atoms with Gasteiger partial charge < -0.3 is 4.90 Å². The molecule has 0 spiro atoms. The molecule has 0 aliphatic carbocycles. The summed E-state index contributed by atoms with van der Waals surface area (Å²) < 4.78 is 25.0. The molecular formula is C17H16ClNO3S. The second-order valence-corrected chi connectivity index (χ2v) is 8.00. The molecular weight excluding hydrogens is 334 g/mol. The minimum Gasteiger partial charge on any atom is -0.308 e. The number of hydrogen-bond acceptors (Lipinski definition) is 3. The van der Waals surface area contributed by atoms with Crippen molar-refractivity contribution < 1.29 is 13.2 Å². The lowest BCUT2D eigenvalue weighted by molar-refractivity contribution is -0.116. The van der Waals surface area contributed by atoms with Gasteiger partial charge in [0.25, 0.3) is 0 Å². The molecule has 0 aromatic heterocycles. The van der Waals surface area contributed by atoms with Crippen molar-refractivity contribution in [3.8, 4) is 0 Å². The fourth-order valence-electron chi connectivity index (χ4n) is 2.95. The molecule has 0 bridgehead atoms. The number of amides is 1. The molecule has 0 N–H and O–H groups in total. The van der Waals surface area contributed by atoms with E-state index in [0.29, 0.717) is 0 Å². The zero-order valence-electron chi connectivity index (χ0n) is 12.6. The molecule has 23 heavy (non-hydrogen) atoms. The van der Waals surface area contributed by atoms with Crippen LogP contribution in [0, 0.1) is 0 Å². The summed E-state index contributed by atoms with van der Waals surface area (Å²) in [6.07, 6.45) is 0.730. The van der Waals surface area contributed by atoms with Crippen LogP contribution in [0.15, 0.2) is 53.4 Å². The Morgan fingerprint density at radius 2 is 1.83 bits per heavy atom. The van der Waals surface area contributed by atoms with Crippen LogP contribution in [0.2, 0.25) is 5.02 Å². The first-order valence-corrected chi connectivity index (χ1v) is 9.30. The first kappa shape index (κ1) is 16.0. The maximum atomic E-state index is 12.6. The average molecular weight is 350 g/mol. The molecule has 1 heterocycles. The fourth-order valence-corrected chi connectivity index (χ4v) is 4.71. The van der Waals surface area contributed by atoms with Crippen molar-refractivity contribution in [2.45, 2.75) is 24.3 Å². The minimum atomic E-state index is -3.78. The van der Waals surface area contributed by atoms with Gasteiger partial charge in [-0.3, -0.25) is 4.79 Å². The van der Waals surface area contributed by atoms with Gasteiger partial charge in [0.1, 0.15) is 5.75 Å². The van der Waals surface area contributed by atoms with Gasteiger partial charge in [0.05, 0.1) is 9.92 Å². The lowest BCUT2D eigenvalue weighted by atomic mass is 10.1. The van der Waals surface area contributed by atoms with E-state index < -0.39 is 21.5 Å². The third-order valence-corrected chi connectivity index (χ3v) is 6.06. The Labute approximate surface area is 140 Å². The summed E-state index contributed by atoms with van der Waals surface area (Å²) in [5.41, 5.74) is 1.85. The van der Waals surface area contributed by atoms with Crippen LogP contribution >= 0.6 is 11.6 Å². The van der Waals surface area contributed by atoms with Crippen molar-refractivity contribution in [1.82, 2.24) is 0 Å². The number of sulfone groups is 1. The number of para-hydroxylation sites is 1. The Morgan fingerprint density at radius 3 is 2.57 bits per heavy atom. The highest BCUT2D eigenvalue weighted by Crippen LogP contribution is 2.32. The number of anilines is 1. The standard InChI is InChI=1S/C17H16ClNO3S/c1-12-10-13-6-2-4-8-15(13)19(12)17(20)11-23(21,22)16-9-5-3-7-14(16)18/h2-9,12H,10-11H2,1H3. The molecule has 1 aliphatic rings. The molecule has 1 aliphatic heterocycles. The second-order valence-electron chi connectivity index (χ2n) is 5.64. The molecule has 2 aromatic carbocycles. The van der Waals surface area contributed by atoms with Crippen LogP contribution < -0.4 is 4.90 Å². The Morgan fingerprint density at radius 1 is 1.17 bits per heavy atom. The molecule has 0 fully saturated rings. The number of halogens is 1. The number of nitrogens with zero attached hydrogens (tertiary/aromatic N) is 1. The summed E-state index contributed by atoms with van der Waals surface area (Å²) in [7, 11) is -3.78. The van der Waals surface area contributed by atoms with E-state index >= 15 is 0 Å². The molecule has 2 aromatic rings. The maximum Gasteiger partial charge on any atom is 0.242 e. The molecule has 3 rings (SSSR count). The van der Waals surface area contributed by atoms with Crippen LogP contribution in [0.3, 0.4) is 0 Å². The van der Waals surface area contributed by atoms with E-state index in [9.17, 15) is 13.2 Å². The zero-order chi connectivity index (χ0) is 16.6. The quantitative estimate of drug-likeness (QED) is 0.855. The number of fused-ring (bicyclic) bond motifs is 1. The number of hydrogen-bond donors (Lipinski definition) is 0. The Kier molecular flexibility index (Phi) is 4.17. The third kappa shape index (κ3) is 2.99. The Balaban J connectivity index is 1.89. The highest BCUT2D eigenvalue weighted by atomic mass is 35.5. The molecule has 1 amide bonds. The van der Waals surface area contributed by atoms with Crippen LogP contribution in [0.4, 0.5) is 5.69 Å². The number of carbonyl (C=O) groups is 1. The number of rotatable bonds is 3. The fraction of sp³-hybridized carbons (Fsp3) is 0.235. The van der Waals surface area contributed by atoms with E-state index in [0.717, 1.165) is 17.7 Å². The smallest absolute Gasteiger partial charge is 0.242 e. The molecule has 0 saturated carbocycles.